The van der Waals surface area contributed by atoms with E-state index in [2.05, 4.69) is 25.9 Å². The molecule has 4 N–H and O–H groups in total. The Labute approximate surface area is 181 Å². The van der Waals surface area contributed by atoms with E-state index in [0.717, 1.165) is 16.6 Å². The minimum atomic E-state index is -1.15. The van der Waals surface area contributed by atoms with Gasteiger partial charge in [0.1, 0.15) is 11.6 Å². The van der Waals surface area contributed by atoms with E-state index < -0.39 is 17.6 Å². The van der Waals surface area contributed by atoms with Gasteiger partial charge in [0.05, 0.1) is 23.1 Å². The lowest BCUT2D eigenvalue weighted by Crippen LogP contribution is -2.58. The van der Waals surface area contributed by atoms with Crippen molar-refractivity contribution in [3.8, 4) is 0 Å². The maximum Gasteiger partial charge on any atom is 0.237 e. The molecule has 0 unspecified atom stereocenters. The number of H-pyrrole nitrogens is 1. The van der Waals surface area contributed by atoms with Crippen LogP contribution in [0.1, 0.15) is 32.2 Å². The molecule has 8 nitrogen and oxygen atoms in total. The zero-order valence-corrected chi connectivity index (χ0v) is 18.2. The molecule has 1 aliphatic heterocycles. The number of para-hydroxylation sites is 2. The van der Waals surface area contributed by atoms with Crippen LogP contribution < -0.4 is 16.0 Å². The summed E-state index contributed by atoms with van der Waals surface area (Å²) in [6, 6.07) is 10.4. The number of aromatic nitrogens is 3. The van der Waals surface area contributed by atoms with E-state index in [-0.39, 0.29) is 17.6 Å². The quantitative estimate of drug-likeness (QED) is 0.466. The number of pyridine rings is 1. The number of likely N-dealkylation sites (N-methyl/N-ethyl adjacent to an activating group) is 1. The van der Waals surface area contributed by atoms with Crippen molar-refractivity contribution in [2.24, 2.45) is 5.92 Å². The van der Waals surface area contributed by atoms with Crippen LogP contribution in [0.3, 0.4) is 0 Å². The number of aromatic amines is 1. The number of rotatable bonds is 7. The molecule has 8 heteroatoms. The van der Waals surface area contributed by atoms with Crippen molar-refractivity contribution in [2.75, 3.05) is 12.4 Å². The van der Waals surface area contributed by atoms with Crippen molar-refractivity contribution in [1.82, 2.24) is 25.6 Å². The van der Waals surface area contributed by atoms with Crippen LogP contribution in [0.25, 0.3) is 11.0 Å². The predicted molar refractivity (Wildman–Crippen MR) is 120 cm³/mol. The molecular weight excluding hydrogens is 392 g/mol. The number of amides is 1. The van der Waals surface area contributed by atoms with Crippen LogP contribution in [-0.4, -0.2) is 45.8 Å². The summed E-state index contributed by atoms with van der Waals surface area (Å²) in [5.74, 6) is 0.714. The van der Waals surface area contributed by atoms with E-state index in [1.165, 1.54) is 0 Å². The lowest BCUT2D eigenvalue weighted by atomic mass is 9.82. The fourth-order valence-corrected chi connectivity index (χ4v) is 4.00. The second-order valence-electron chi connectivity index (χ2n) is 8.43. The molecule has 0 fully saturated rings. The topological polar surface area (TPSA) is 112 Å². The second kappa shape index (κ2) is 8.11. The molecule has 1 aliphatic rings. The number of ketones is 1. The normalized spacial score (nSPS) is 19.6. The Hall–Kier alpha value is -3.26. The fraction of sp³-hybridized carbons (Fsp3) is 0.391. The van der Waals surface area contributed by atoms with E-state index in [1.54, 1.807) is 20.2 Å². The number of hydrogen-bond donors (Lipinski definition) is 4. The van der Waals surface area contributed by atoms with Crippen LogP contribution in [0.5, 0.6) is 0 Å². The van der Waals surface area contributed by atoms with Gasteiger partial charge < -0.3 is 20.9 Å². The highest BCUT2D eigenvalue weighted by molar-refractivity contribution is 6.00. The molecular formula is C23H28N6O2. The Balaban J connectivity index is 1.79. The molecule has 0 radical (unpaired) electrons. The van der Waals surface area contributed by atoms with Crippen LogP contribution in [0.4, 0.5) is 5.82 Å². The standard InChI is InChI=1S/C23H28N6O2/c1-13(2)18(28-21(31)14(3)24-4)19(30)23(12-15-8-7-11-25-20(15)29-23)22-26-16-9-5-6-10-17(16)27-22/h5-11,13-14,18,24H,12H2,1-4H3,(H,25,29)(H,26,27)(H,28,31)/t14-,18-,23+/m0/s1. The summed E-state index contributed by atoms with van der Waals surface area (Å²) in [4.78, 5) is 39.2. The molecule has 0 bridgehead atoms. The minimum absolute atomic E-state index is 0.111. The molecule has 3 atom stereocenters. The van der Waals surface area contributed by atoms with E-state index in [1.807, 2.05) is 50.2 Å². The van der Waals surface area contributed by atoms with Crippen molar-refractivity contribution in [1.29, 1.82) is 0 Å². The molecule has 0 spiro atoms. The number of fused-ring (bicyclic) bond motifs is 2. The lowest BCUT2D eigenvalue weighted by Gasteiger charge is -2.33. The monoisotopic (exact) mass is 420 g/mol. The zero-order valence-electron chi connectivity index (χ0n) is 18.2. The maximum absolute atomic E-state index is 14.1. The molecule has 1 amide bonds. The van der Waals surface area contributed by atoms with Gasteiger partial charge in [0, 0.05) is 12.6 Å². The summed E-state index contributed by atoms with van der Waals surface area (Å²) in [6.45, 7) is 5.62. The van der Waals surface area contributed by atoms with E-state index in [4.69, 9.17) is 4.98 Å². The first-order chi connectivity index (χ1) is 14.9. The molecule has 0 saturated carbocycles. The third-order valence-electron chi connectivity index (χ3n) is 5.97. The fourth-order valence-electron chi connectivity index (χ4n) is 4.00. The smallest absolute Gasteiger partial charge is 0.237 e. The highest BCUT2D eigenvalue weighted by Crippen LogP contribution is 2.39. The van der Waals surface area contributed by atoms with E-state index >= 15 is 0 Å². The second-order valence-corrected chi connectivity index (χ2v) is 8.43. The predicted octanol–water partition coefficient (Wildman–Crippen LogP) is 2.14. The van der Waals surface area contributed by atoms with Gasteiger partial charge in [-0.3, -0.25) is 9.59 Å². The summed E-state index contributed by atoms with van der Waals surface area (Å²) >= 11 is 0. The Morgan fingerprint density at radius 3 is 2.58 bits per heavy atom. The van der Waals surface area contributed by atoms with Crippen LogP contribution in [0.2, 0.25) is 0 Å². The zero-order chi connectivity index (χ0) is 22.2. The first-order valence-electron chi connectivity index (χ1n) is 10.5. The molecule has 162 valence electrons. The Bertz CT molecular complexity index is 1060. The van der Waals surface area contributed by atoms with Gasteiger partial charge in [0.2, 0.25) is 5.91 Å². The molecule has 0 saturated heterocycles. The molecule has 3 heterocycles. The average molecular weight is 421 g/mol. The summed E-state index contributed by atoms with van der Waals surface area (Å²) in [5, 5.41) is 9.22. The Kier molecular flexibility index (Phi) is 5.49. The van der Waals surface area contributed by atoms with Crippen LogP contribution in [0, 0.1) is 5.92 Å². The van der Waals surface area contributed by atoms with Crippen molar-refractivity contribution in [2.45, 2.75) is 44.8 Å². The lowest BCUT2D eigenvalue weighted by molar-refractivity contribution is -0.132. The summed E-state index contributed by atoms with van der Waals surface area (Å²) in [7, 11) is 1.72. The van der Waals surface area contributed by atoms with Gasteiger partial charge in [-0.2, -0.15) is 0 Å². The first-order valence-corrected chi connectivity index (χ1v) is 10.5. The number of imidazole rings is 1. The van der Waals surface area contributed by atoms with Gasteiger partial charge >= 0.3 is 0 Å². The van der Waals surface area contributed by atoms with Gasteiger partial charge in [-0.25, -0.2) is 9.97 Å². The number of carbonyl (C=O) groups is 2. The highest BCUT2D eigenvalue weighted by Gasteiger charge is 2.51. The molecule has 4 rings (SSSR count). The number of carbonyl (C=O) groups excluding carboxylic acids is 2. The number of Topliss-reactive ketones (excluding diaryl/α,β-unsaturated/α-hetero) is 1. The van der Waals surface area contributed by atoms with Crippen LogP contribution >= 0.6 is 0 Å². The Morgan fingerprint density at radius 2 is 1.90 bits per heavy atom. The number of nitrogens with zero attached hydrogens (tertiary/aromatic N) is 2. The average Bonchev–Trinajstić information content (AvgIpc) is 3.38. The van der Waals surface area contributed by atoms with Gasteiger partial charge in [0.25, 0.3) is 0 Å². The molecule has 3 aromatic rings. The molecule has 1 aromatic carbocycles. The van der Waals surface area contributed by atoms with Gasteiger partial charge in [-0.15, -0.1) is 0 Å². The highest BCUT2D eigenvalue weighted by atomic mass is 16.2. The maximum atomic E-state index is 14.1. The largest absolute Gasteiger partial charge is 0.351 e. The number of anilines is 1. The first kappa shape index (κ1) is 21.0. The molecule has 0 aliphatic carbocycles. The Morgan fingerprint density at radius 1 is 1.13 bits per heavy atom. The van der Waals surface area contributed by atoms with Crippen molar-refractivity contribution in [3.05, 3.63) is 54.0 Å². The number of nitrogens with one attached hydrogen (secondary N) is 4. The van der Waals surface area contributed by atoms with Gasteiger partial charge in [-0.1, -0.05) is 32.0 Å². The van der Waals surface area contributed by atoms with Gasteiger partial charge in [-0.05, 0) is 43.7 Å². The van der Waals surface area contributed by atoms with E-state index in [0.29, 0.717) is 18.1 Å². The van der Waals surface area contributed by atoms with Crippen LogP contribution in [0.15, 0.2) is 42.6 Å². The molecule has 31 heavy (non-hydrogen) atoms. The molecule has 2 aromatic heterocycles. The van der Waals surface area contributed by atoms with Crippen molar-refractivity contribution >= 4 is 28.5 Å². The van der Waals surface area contributed by atoms with Crippen molar-refractivity contribution < 1.29 is 9.59 Å². The van der Waals surface area contributed by atoms with Crippen molar-refractivity contribution in [3.63, 3.8) is 0 Å². The summed E-state index contributed by atoms with van der Waals surface area (Å²) < 4.78 is 0. The summed E-state index contributed by atoms with van der Waals surface area (Å²) in [5.41, 5.74) is 1.42. The van der Waals surface area contributed by atoms with E-state index in [9.17, 15) is 9.59 Å². The summed E-state index contributed by atoms with van der Waals surface area (Å²) in [6.07, 6.45) is 2.09. The SMILES string of the molecule is CN[C@@H](C)C(=O)N[C@H](C(=O)[C@@]1(c2nc3ccccc3[nH]2)Cc2cccnc2N1)C(C)C. The number of benzene rings is 1. The number of hydrogen-bond acceptors (Lipinski definition) is 6. The third-order valence-corrected chi connectivity index (χ3v) is 5.97. The minimum Gasteiger partial charge on any atom is -0.351 e. The third kappa shape index (κ3) is 3.67. The van der Waals surface area contributed by atoms with Gasteiger partial charge in [0.15, 0.2) is 11.3 Å². The van der Waals surface area contributed by atoms with Crippen LogP contribution in [-0.2, 0) is 21.5 Å².